The van der Waals surface area contributed by atoms with Gasteiger partial charge in [-0.25, -0.2) is 0 Å². The molecule has 1 aliphatic heterocycles. The third-order valence-electron chi connectivity index (χ3n) is 3.68. The molecule has 0 bridgehead atoms. The van der Waals surface area contributed by atoms with Gasteiger partial charge in [0, 0.05) is 24.5 Å². The summed E-state index contributed by atoms with van der Waals surface area (Å²) < 4.78 is 0. The van der Waals surface area contributed by atoms with Crippen molar-refractivity contribution in [2.45, 2.75) is 65.0 Å². The van der Waals surface area contributed by atoms with Crippen molar-refractivity contribution >= 4 is 5.91 Å². The Morgan fingerprint density at radius 3 is 2.62 bits per heavy atom. The maximum absolute atomic E-state index is 12.1. The van der Waals surface area contributed by atoms with E-state index in [-0.39, 0.29) is 11.4 Å². The van der Waals surface area contributed by atoms with E-state index in [9.17, 15) is 4.79 Å². The van der Waals surface area contributed by atoms with Crippen molar-refractivity contribution < 1.29 is 4.79 Å². The molecule has 94 valence electrons. The lowest BCUT2D eigenvalue weighted by Crippen LogP contribution is -2.46. The molecular formula is C13H26N2O. The molecule has 16 heavy (non-hydrogen) atoms. The summed E-state index contributed by atoms with van der Waals surface area (Å²) in [5.41, 5.74) is 5.67. The minimum Gasteiger partial charge on any atom is -0.340 e. The Hall–Kier alpha value is -0.570. The van der Waals surface area contributed by atoms with Crippen molar-refractivity contribution in [3.63, 3.8) is 0 Å². The number of amides is 1. The van der Waals surface area contributed by atoms with Crippen LogP contribution in [0.15, 0.2) is 0 Å². The van der Waals surface area contributed by atoms with E-state index in [4.69, 9.17) is 5.73 Å². The predicted octanol–water partition coefficient (Wildman–Crippen LogP) is 2.15. The van der Waals surface area contributed by atoms with Crippen LogP contribution in [-0.2, 0) is 4.79 Å². The van der Waals surface area contributed by atoms with Crippen LogP contribution in [0, 0.1) is 5.92 Å². The number of likely N-dealkylation sites (tertiary alicyclic amines) is 1. The zero-order valence-electron chi connectivity index (χ0n) is 11.1. The molecule has 1 rings (SSSR count). The van der Waals surface area contributed by atoms with Crippen molar-refractivity contribution in [2.75, 3.05) is 6.54 Å². The Morgan fingerprint density at radius 2 is 2.06 bits per heavy atom. The van der Waals surface area contributed by atoms with Crippen LogP contribution in [-0.4, -0.2) is 28.9 Å². The van der Waals surface area contributed by atoms with Gasteiger partial charge in [-0.2, -0.15) is 0 Å². The van der Waals surface area contributed by atoms with Crippen LogP contribution in [0.5, 0.6) is 0 Å². The number of hydrogen-bond acceptors (Lipinski definition) is 2. The molecule has 0 saturated carbocycles. The van der Waals surface area contributed by atoms with Gasteiger partial charge >= 0.3 is 0 Å². The summed E-state index contributed by atoms with van der Waals surface area (Å²) in [7, 11) is 0. The first-order chi connectivity index (χ1) is 7.31. The van der Waals surface area contributed by atoms with Gasteiger partial charge in [-0.1, -0.05) is 6.92 Å². The second kappa shape index (κ2) is 5.17. The number of carbonyl (C=O) groups is 1. The van der Waals surface area contributed by atoms with Crippen molar-refractivity contribution in [3.8, 4) is 0 Å². The van der Waals surface area contributed by atoms with E-state index in [0.717, 1.165) is 19.4 Å². The van der Waals surface area contributed by atoms with E-state index in [0.29, 0.717) is 18.4 Å². The fourth-order valence-electron chi connectivity index (χ4n) is 2.26. The Kier molecular flexibility index (Phi) is 4.36. The summed E-state index contributed by atoms with van der Waals surface area (Å²) in [4.78, 5) is 14.1. The van der Waals surface area contributed by atoms with E-state index in [1.807, 2.05) is 18.7 Å². The number of hydrogen-bond donors (Lipinski definition) is 1. The summed E-state index contributed by atoms with van der Waals surface area (Å²) in [5, 5.41) is 0. The third kappa shape index (κ3) is 3.78. The Bertz CT molecular complexity index is 245. The first kappa shape index (κ1) is 13.5. The molecule has 0 aromatic carbocycles. The van der Waals surface area contributed by atoms with Crippen molar-refractivity contribution in [1.82, 2.24) is 4.90 Å². The SMILES string of the molecule is CC1CCCN(C(=O)CCC(C)(C)N)C1C. The average molecular weight is 226 g/mol. The molecule has 2 unspecified atom stereocenters. The Morgan fingerprint density at radius 1 is 1.44 bits per heavy atom. The van der Waals surface area contributed by atoms with Gasteiger partial charge in [-0.15, -0.1) is 0 Å². The largest absolute Gasteiger partial charge is 0.340 e. The smallest absolute Gasteiger partial charge is 0.222 e. The average Bonchev–Trinajstić information content (AvgIpc) is 2.17. The van der Waals surface area contributed by atoms with E-state index in [1.54, 1.807) is 0 Å². The van der Waals surface area contributed by atoms with E-state index in [1.165, 1.54) is 6.42 Å². The fourth-order valence-corrected chi connectivity index (χ4v) is 2.26. The maximum atomic E-state index is 12.1. The van der Waals surface area contributed by atoms with Crippen LogP contribution >= 0.6 is 0 Å². The number of carbonyl (C=O) groups excluding carboxylic acids is 1. The highest BCUT2D eigenvalue weighted by Crippen LogP contribution is 2.24. The molecule has 1 saturated heterocycles. The molecule has 3 heteroatoms. The summed E-state index contributed by atoms with van der Waals surface area (Å²) in [6.45, 7) is 9.27. The third-order valence-corrected chi connectivity index (χ3v) is 3.68. The minimum atomic E-state index is -0.236. The molecule has 3 nitrogen and oxygen atoms in total. The van der Waals surface area contributed by atoms with Crippen LogP contribution < -0.4 is 5.73 Å². The van der Waals surface area contributed by atoms with Gasteiger partial charge in [0.05, 0.1) is 0 Å². The highest BCUT2D eigenvalue weighted by atomic mass is 16.2. The molecule has 2 N–H and O–H groups in total. The second-order valence-electron chi connectivity index (χ2n) is 5.94. The summed E-state index contributed by atoms with van der Waals surface area (Å²) in [5.74, 6) is 0.904. The van der Waals surface area contributed by atoms with Gasteiger partial charge in [0.25, 0.3) is 0 Å². The van der Waals surface area contributed by atoms with Crippen molar-refractivity contribution in [2.24, 2.45) is 11.7 Å². The Balaban J connectivity index is 2.47. The molecule has 0 aromatic heterocycles. The zero-order valence-corrected chi connectivity index (χ0v) is 11.1. The van der Waals surface area contributed by atoms with Gasteiger partial charge in [0.2, 0.25) is 5.91 Å². The van der Waals surface area contributed by atoms with Gasteiger partial charge in [-0.3, -0.25) is 4.79 Å². The molecule has 1 fully saturated rings. The summed E-state index contributed by atoms with van der Waals surface area (Å²) in [6, 6.07) is 0.391. The monoisotopic (exact) mass is 226 g/mol. The molecule has 0 spiro atoms. The van der Waals surface area contributed by atoms with E-state index >= 15 is 0 Å². The molecule has 1 heterocycles. The quantitative estimate of drug-likeness (QED) is 0.801. The van der Waals surface area contributed by atoms with Gasteiger partial charge in [-0.05, 0) is 46.0 Å². The molecule has 0 radical (unpaired) electrons. The lowest BCUT2D eigenvalue weighted by molar-refractivity contribution is -0.136. The topological polar surface area (TPSA) is 46.3 Å². The molecule has 1 aliphatic rings. The van der Waals surface area contributed by atoms with Crippen LogP contribution in [0.1, 0.15) is 53.4 Å². The minimum absolute atomic E-state index is 0.236. The molecule has 1 amide bonds. The normalized spacial score (nSPS) is 26.9. The first-order valence-corrected chi connectivity index (χ1v) is 6.39. The van der Waals surface area contributed by atoms with E-state index < -0.39 is 0 Å². The second-order valence-corrected chi connectivity index (χ2v) is 5.94. The predicted molar refractivity (Wildman–Crippen MR) is 67.1 cm³/mol. The van der Waals surface area contributed by atoms with Gasteiger partial charge in [0.1, 0.15) is 0 Å². The Labute approximate surface area is 99.4 Å². The van der Waals surface area contributed by atoms with Crippen LogP contribution in [0.25, 0.3) is 0 Å². The summed E-state index contributed by atoms with van der Waals surface area (Å²) >= 11 is 0. The lowest BCUT2D eigenvalue weighted by atomic mass is 9.91. The maximum Gasteiger partial charge on any atom is 0.222 e. The standard InChI is InChI=1S/C13H26N2O/c1-10-6-5-9-15(11(10)2)12(16)7-8-13(3,4)14/h10-11H,5-9,14H2,1-4H3. The highest BCUT2D eigenvalue weighted by Gasteiger charge is 2.28. The van der Waals surface area contributed by atoms with Gasteiger partial charge in [0.15, 0.2) is 0 Å². The lowest BCUT2D eigenvalue weighted by Gasteiger charge is -2.38. The zero-order chi connectivity index (χ0) is 12.3. The van der Waals surface area contributed by atoms with Crippen molar-refractivity contribution in [1.29, 1.82) is 0 Å². The first-order valence-electron chi connectivity index (χ1n) is 6.39. The molecule has 2 atom stereocenters. The number of nitrogens with two attached hydrogens (primary N) is 1. The fraction of sp³-hybridized carbons (Fsp3) is 0.923. The number of nitrogens with zero attached hydrogens (tertiary/aromatic N) is 1. The van der Waals surface area contributed by atoms with E-state index in [2.05, 4.69) is 13.8 Å². The van der Waals surface area contributed by atoms with Gasteiger partial charge < -0.3 is 10.6 Å². The van der Waals surface area contributed by atoms with Crippen molar-refractivity contribution in [3.05, 3.63) is 0 Å². The number of piperidine rings is 1. The van der Waals surface area contributed by atoms with Crippen LogP contribution in [0.3, 0.4) is 0 Å². The molecule has 0 aliphatic carbocycles. The highest BCUT2D eigenvalue weighted by molar-refractivity contribution is 5.76. The number of rotatable bonds is 3. The van der Waals surface area contributed by atoms with Crippen LogP contribution in [0.4, 0.5) is 0 Å². The molecule has 0 aromatic rings. The molecular weight excluding hydrogens is 200 g/mol. The summed E-state index contributed by atoms with van der Waals surface area (Å²) in [6.07, 6.45) is 3.74. The van der Waals surface area contributed by atoms with Crippen LogP contribution in [0.2, 0.25) is 0 Å².